The molecule has 0 spiro atoms. The van der Waals surface area contributed by atoms with Crippen LogP contribution < -0.4 is 15.5 Å². The van der Waals surface area contributed by atoms with E-state index in [2.05, 4.69) is 20.6 Å². The number of carbonyl (C=O) groups excluding carboxylic acids is 1. The molecule has 0 saturated heterocycles. The number of aliphatic hydroxyl groups is 1. The van der Waals surface area contributed by atoms with Crippen molar-refractivity contribution in [2.45, 2.75) is 32.4 Å². The number of hydrogen-bond donors (Lipinski definition) is 3. The Bertz CT molecular complexity index is 731. The Morgan fingerprint density at radius 2 is 1.92 bits per heavy atom. The summed E-state index contributed by atoms with van der Waals surface area (Å²) in [5, 5.41) is 15.6. The molecular formula is C17H22FN5O2. The lowest BCUT2D eigenvalue weighted by molar-refractivity contribution is 0.0646. The summed E-state index contributed by atoms with van der Waals surface area (Å²) in [6.07, 6.45) is 1.50. The molecule has 1 aromatic carbocycles. The lowest BCUT2D eigenvalue weighted by atomic mass is 10.0. The van der Waals surface area contributed by atoms with Gasteiger partial charge in [0, 0.05) is 19.3 Å². The van der Waals surface area contributed by atoms with Crippen molar-refractivity contribution in [3.05, 3.63) is 42.3 Å². The van der Waals surface area contributed by atoms with Gasteiger partial charge in [0.1, 0.15) is 11.6 Å². The van der Waals surface area contributed by atoms with E-state index in [0.717, 1.165) is 0 Å². The lowest BCUT2D eigenvalue weighted by Gasteiger charge is -2.27. The van der Waals surface area contributed by atoms with E-state index >= 15 is 0 Å². The Labute approximate surface area is 145 Å². The third-order valence-electron chi connectivity index (χ3n) is 3.78. The molecule has 0 aliphatic rings. The molecule has 2 aromatic rings. The Balaban J connectivity index is 2.36. The third kappa shape index (κ3) is 4.63. The molecule has 0 fully saturated rings. The fourth-order valence-electron chi connectivity index (χ4n) is 1.97. The number of anilines is 3. The quantitative estimate of drug-likeness (QED) is 0.774. The summed E-state index contributed by atoms with van der Waals surface area (Å²) in [5.41, 5.74) is -0.516. The molecular weight excluding hydrogens is 325 g/mol. The Kier molecular flexibility index (Phi) is 5.53. The van der Waals surface area contributed by atoms with Crippen molar-refractivity contribution in [1.29, 1.82) is 0 Å². The number of benzene rings is 1. The predicted octanol–water partition coefficient (Wildman–Crippen LogP) is 2.66. The molecule has 0 aliphatic heterocycles. The molecule has 0 saturated carbocycles. The Morgan fingerprint density at radius 3 is 2.48 bits per heavy atom. The molecule has 1 atom stereocenters. The van der Waals surface area contributed by atoms with Crippen LogP contribution in [0, 0.1) is 5.82 Å². The van der Waals surface area contributed by atoms with Crippen molar-refractivity contribution in [3.8, 4) is 0 Å². The summed E-state index contributed by atoms with van der Waals surface area (Å²) < 4.78 is 13.2. The Morgan fingerprint density at radius 1 is 1.28 bits per heavy atom. The van der Waals surface area contributed by atoms with E-state index in [1.807, 2.05) is 0 Å². The van der Waals surface area contributed by atoms with Crippen LogP contribution in [0.5, 0.6) is 0 Å². The van der Waals surface area contributed by atoms with E-state index in [1.54, 1.807) is 26.8 Å². The van der Waals surface area contributed by atoms with Gasteiger partial charge in [0.25, 0.3) is 0 Å². The molecule has 2 rings (SSSR count). The van der Waals surface area contributed by atoms with Crippen LogP contribution in [0.1, 0.15) is 20.8 Å². The zero-order valence-corrected chi connectivity index (χ0v) is 14.6. The van der Waals surface area contributed by atoms with Gasteiger partial charge in [-0.2, -0.15) is 4.98 Å². The van der Waals surface area contributed by atoms with E-state index in [1.165, 1.54) is 42.4 Å². The highest BCUT2D eigenvalue weighted by Crippen LogP contribution is 2.25. The smallest absolute Gasteiger partial charge is 0.327 e. The number of amides is 2. The minimum Gasteiger partial charge on any atom is -0.388 e. The molecule has 2 amide bonds. The van der Waals surface area contributed by atoms with Crippen molar-refractivity contribution in [2.24, 2.45) is 0 Å². The maximum absolute atomic E-state index is 13.2. The van der Waals surface area contributed by atoms with Crippen molar-refractivity contribution in [2.75, 3.05) is 17.3 Å². The van der Waals surface area contributed by atoms with E-state index in [0.29, 0.717) is 11.5 Å². The minimum atomic E-state index is -0.975. The monoisotopic (exact) mass is 347 g/mol. The van der Waals surface area contributed by atoms with Gasteiger partial charge in [-0.25, -0.2) is 19.1 Å². The van der Waals surface area contributed by atoms with Gasteiger partial charge >= 0.3 is 6.03 Å². The lowest BCUT2D eigenvalue weighted by Crippen LogP contribution is -2.40. The first kappa shape index (κ1) is 18.6. The van der Waals surface area contributed by atoms with E-state index in [-0.39, 0.29) is 12.0 Å². The van der Waals surface area contributed by atoms with Gasteiger partial charge in [0.15, 0.2) is 0 Å². The number of nitrogens with zero attached hydrogens (tertiary/aromatic N) is 3. The fraction of sp³-hybridized carbons (Fsp3) is 0.353. The van der Waals surface area contributed by atoms with Crippen LogP contribution in [0.3, 0.4) is 0 Å². The zero-order chi connectivity index (χ0) is 18.6. The van der Waals surface area contributed by atoms with Crippen molar-refractivity contribution in [3.63, 3.8) is 0 Å². The van der Waals surface area contributed by atoms with Gasteiger partial charge in [0.2, 0.25) is 5.95 Å². The molecule has 0 bridgehead atoms. The van der Waals surface area contributed by atoms with Gasteiger partial charge < -0.3 is 15.7 Å². The average molecular weight is 347 g/mol. The summed E-state index contributed by atoms with van der Waals surface area (Å²) in [6, 6.07) is 6.33. The molecule has 1 heterocycles. The van der Waals surface area contributed by atoms with Gasteiger partial charge in [-0.1, -0.05) is 0 Å². The van der Waals surface area contributed by atoms with Crippen LogP contribution in [0.4, 0.5) is 26.6 Å². The molecule has 3 N–H and O–H groups in total. The fourth-order valence-corrected chi connectivity index (χ4v) is 1.97. The van der Waals surface area contributed by atoms with Crippen LogP contribution >= 0.6 is 0 Å². The SMILES string of the molecule is CNC(=O)N(c1ccc(F)cc1)c1ccnc(N[C@@H](C)C(C)(C)O)n1. The first-order chi connectivity index (χ1) is 11.7. The van der Waals surface area contributed by atoms with Crippen LogP contribution in [0.25, 0.3) is 0 Å². The number of aromatic nitrogens is 2. The second kappa shape index (κ2) is 7.43. The zero-order valence-electron chi connectivity index (χ0n) is 14.6. The highest BCUT2D eigenvalue weighted by atomic mass is 19.1. The van der Waals surface area contributed by atoms with E-state index < -0.39 is 17.4 Å². The highest BCUT2D eigenvalue weighted by Gasteiger charge is 2.24. The van der Waals surface area contributed by atoms with Crippen LogP contribution in [0.15, 0.2) is 36.5 Å². The van der Waals surface area contributed by atoms with Crippen LogP contribution in [0.2, 0.25) is 0 Å². The number of urea groups is 1. The van der Waals surface area contributed by atoms with E-state index in [9.17, 15) is 14.3 Å². The molecule has 7 nitrogen and oxygen atoms in total. The summed E-state index contributed by atoms with van der Waals surface area (Å²) in [6.45, 7) is 5.14. The summed E-state index contributed by atoms with van der Waals surface area (Å²) >= 11 is 0. The van der Waals surface area contributed by atoms with Gasteiger partial charge in [-0.15, -0.1) is 0 Å². The highest BCUT2D eigenvalue weighted by molar-refractivity contribution is 5.98. The second-order valence-corrected chi connectivity index (χ2v) is 6.13. The Hall–Kier alpha value is -2.74. The molecule has 8 heteroatoms. The normalized spacial score (nSPS) is 12.4. The maximum atomic E-state index is 13.2. The second-order valence-electron chi connectivity index (χ2n) is 6.13. The summed E-state index contributed by atoms with van der Waals surface area (Å²) in [7, 11) is 1.50. The molecule has 0 unspecified atom stereocenters. The maximum Gasteiger partial charge on any atom is 0.327 e. The first-order valence-corrected chi connectivity index (χ1v) is 7.81. The predicted molar refractivity (Wildman–Crippen MR) is 94.4 cm³/mol. The average Bonchev–Trinajstić information content (AvgIpc) is 2.56. The van der Waals surface area contributed by atoms with Crippen molar-refractivity contribution >= 4 is 23.5 Å². The standard InChI is InChI=1S/C17H22FN5O2/c1-11(17(2,3)25)21-15-20-10-9-14(22-15)23(16(24)19-4)13-7-5-12(18)6-8-13/h5-11,25H,1-4H3,(H,19,24)(H,20,21,22)/t11-/m0/s1. The van der Waals surface area contributed by atoms with Crippen LogP contribution in [-0.2, 0) is 0 Å². The summed E-state index contributed by atoms with van der Waals surface area (Å²) in [5.74, 6) is 0.180. The number of hydrogen-bond acceptors (Lipinski definition) is 5. The number of carbonyl (C=O) groups is 1. The molecule has 25 heavy (non-hydrogen) atoms. The number of halogens is 1. The largest absolute Gasteiger partial charge is 0.388 e. The minimum absolute atomic E-state index is 0.267. The van der Waals surface area contributed by atoms with E-state index in [4.69, 9.17) is 0 Å². The van der Waals surface area contributed by atoms with Gasteiger partial charge in [0.05, 0.1) is 17.3 Å². The molecule has 1 aromatic heterocycles. The topological polar surface area (TPSA) is 90.4 Å². The molecule has 0 aliphatic carbocycles. The number of nitrogens with one attached hydrogen (secondary N) is 2. The van der Waals surface area contributed by atoms with Crippen LogP contribution in [-0.4, -0.2) is 39.8 Å². The molecule has 0 radical (unpaired) electrons. The number of rotatable bonds is 5. The van der Waals surface area contributed by atoms with Crippen molar-refractivity contribution < 1.29 is 14.3 Å². The van der Waals surface area contributed by atoms with Crippen molar-refractivity contribution in [1.82, 2.24) is 15.3 Å². The third-order valence-corrected chi connectivity index (χ3v) is 3.78. The molecule has 134 valence electrons. The first-order valence-electron chi connectivity index (χ1n) is 7.81. The van der Waals surface area contributed by atoms with Gasteiger partial charge in [-0.05, 0) is 45.0 Å². The summed E-state index contributed by atoms with van der Waals surface area (Å²) in [4.78, 5) is 22.0. The van der Waals surface area contributed by atoms with Gasteiger partial charge in [-0.3, -0.25) is 0 Å².